The number of carbonyl (C=O) groups excluding carboxylic acids is 1. The Balaban J connectivity index is 1.31. The number of piperazine rings is 1. The van der Waals surface area contributed by atoms with Crippen molar-refractivity contribution < 1.29 is 17.9 Å². The number of ether oxygens (including phenoxy) is 1. The van der Waals surface area contributed by atoms with Crippen LogP contribution in [-0.2, 0) is 25.3 Å². The molecule has 0 aromatic heterocycles. The summed E-state index contributed by atoms with van der Waals surface area (Å²) in [7, 11) is -3.84. The molecule has 2 saturated heterocycles. The SMILES string of the molecule is CC1C2(c3ccccc3)OC(=O)[C@]12NS(=O)(=O)N1CCN(c2ccc(Br)cc2)CC1. The van der Waals surface area contributed by atoms with Gasteiger partial charge in [-0.25, -0.2) is 4.79 Å². The highest BCUT2D eigenvalue weighted by atomic mass is 79.9. The molecule has 0 spiro atoms. The number of carbonyl (C=O) groups is 1. The number of anilines is 1. The Kier molecular flexibility index (Phi) is 4.52. The second kappa shape index (κ2) is 6.78. The second-order valence-corrected chi connectivity index (χ2v) is 10.6. The van der Waals surface area contributed by atoms with Crippen LogP contribution in [-0.4, -0.2) is 50.4 Å². The van der Waals surface area contributed by atoms with Crippen molar-refractivity contribution in [3.8, 4) is 0 Å². The largest absolute Gasteiger partial charge is 0.450 e. The Bertz CT molecular complexity index is 1090. The summed E-state index contributed by atoms with van der Waals surface area (Å²) in [6.07, 6.45) is 0. The molecule has 158 valence electrons. The standard InChI is InChI=1S/C21H22BrN3O4S/c1-15-20(19(26)29-21(15,20)16-5-3-2-4-6-16)23-30(27,28)25-13-11-24(12-14-25)18-9-7-17(22)8-10-18/h2-10,15,23H,11-14H2,1H3/t15?,20-,21?/m1/s1. The molecule has 9 heteroatoms. The van der Waals surface area contributed by atoms with E-state index in [-0.39, 0.29) is 5.92 Å². The van der Waals surface area contributed by atoms with Gasteiger partial charge in [0.05, 0.1) is 0 Å². The van der Waals surface area contributed by atoms with Crippen molar-refractivity contribution in [2.45, 2.75) is 18.1 Å². The van der Waals surface area contributed by atoms with Crippen molar-refractivity contribution in [2.75, 3.05) is 31.1 Å². The lowest BCUT2D eigenvalue weighted by molar-refractivity contribution is -0.177. The van der Waals surface area contributed by atoms with Gasteiger partial charge in [-0.05, 0) is 29.8 Å². The van der Waals surface area contributed by atoms with E-state index in [0.29, 0.717) is 26.2 Å². The third-order valence-corrected chi connectivity index (χ3v) is 8.75. The van der Waals surface area contributed by atoms with Gasteiger partial charge in [-0.3, -0.25) is 0 Å². The molecule has 1 saturated carbocycles. The zero-order valence-corrected chi connectivity index (χ0v) is 18.8. The molecule has 1 aliphatic carbocycles. The minimum absolute atomic E-state index is 0.265. The van der Waals surface area contributed by atoms with Gasteiger partial charge >= 0.3 is 5.97 Å². The zero-order valence-electron chi connectivity index (χ0n) is 16.4. The molecule has 3 fully saturated rings. The first-order chi connectivity index (χ1) is 14.3. The minimum atomic E-state index is -3.84. The molecule has 3 aliphatic rings. The van der Waals surface area contributed by atoms with E-state index < -0.39 is 27.3 Å². The fourth-order valence-corrected chi connectivity index (χ4v) is 6.70. The Morgan fingerprint density at radius 3 is 2.27 bits per heavy atom. The number of rotatable bonds is 5. The molecule has 30 heavy (non-hydrogen) atoms. The minimum Gasteiger partial charge on any atom is -0.450 e. The number of hydrogen-bond acceptors (Lipinski definition) is 5. The number of esters is 1. The van der Waals surface area contributed by atoms with Gasteiger partial charge in [-0.2, -0.15) is 17.4 Å². The molecule has 2 aromatic carbocycles. The number of halogens is 1. The zero-order chi connectivity index (χ0) is 21.1. The maximum Gasteiger partial charge on any atom is 0.333 e. The van der Waals surface area contributed by atoms with Gasteiger partial charge in [-0.1, -0.05) is 53.2 Å². The lowest BCUT2D eigenvalue weighted by Gasteiger charge is -2.38. The van der Waals surface area contributed by atoms with Crippen molar-refractivity contribution in [3.05, 3.63) is 64.6 Å². The fraction of sp³-hybridized carbons (Fsp3) is 0.381. The Hall–Kier alpha value is -1.94. The van der Waals surface area contributed by atoms with Crippen LogP contribution in [0.1, 0.15) is 12.5 Å². The average Bonchev–Trinajstić information content (AvgIpc) is 3.18. The highest BCUT2D eigenvalue weighted by Crippen LogP contribution is 2.71. The molecule has 5 rings (SSSR count). The van der Waals surface area contributed by atoms with Crippen LogP contribution in [0.4, 0.5) is 5.69 Å². The number of benzene rings is 2. The molecule has 2 aliphatic heterocycles. The van der Waals surface area contributed by atoms with E-state index in [1.807, 2.05) is 61.5 Å². The summed E-state index contributed by atoms with van der Waals surface area (Å²) in [5, 5.41) is 0. The first kappa shape index (κ1) is 20.0. The highest BCUT2D eigenvalue weighted by Gasteiger charge is 2.92. The Morgan fingerprint density at radius 2 is 1.67 bits per heavy atom. The lowest BCUT2D eigenvalue weighted by Crippen LogP contribution is -2.62. The fourth-order valence-electron chi connectivity index (χ4n) is 4.84. The van der Waals surface area contributed by atoms with Gasteiger partial charge < -0.3 is 9.64 Å². The van der Waals surface area contributed by atoms with E-state index in [1.54, 1.807) is 0 Å². The van der Waals surface area contributed by atoms with Crippen LogP contribution in [0, 0.1) is 5.92 Å². The lowest BCUT2D eigenvalue weighted by atomic mass is 9.98. The topological polar surface area (TPSA) is 78.9 Å². The van der Waals surface area contributed by atoms with Crippen molar-refractivity contribution in [1.29, 1.82) is 0 Å². The van der Waals surface area contributed by atoms with Gasteiger partial charge in [0.2, 0.25) is 0 Å². The van der Waals surface area contributed by atoms with E-state index in [4.69, 9.17) is 4.74 Å². The molecule has 7 nitrogen and oxygen atoms in total. The summed E-state index contributed by atoms with van der Waals surface area (Å²) >= 11 is 3.43. The second-order valence-electron chi connectivity index (χ2n) is 7.99. The molecule has 0 radical (unpaired) electrons. The van der Waals surface area contributed by atoms with Gasteiger partial charge in [0.15, 0.2) is 11.1 Å². The summed E-state index contributed by atoms with van der Waals surface area (Å²) in [6, 6.07) is 17.3. The number of hydrogen-bond donors (Lipinski definition) is 1. The number of nitrogens with one attached hydrogen (secondary N) is 1. The maximum absolute atomic E-state index is 13.2. The molecule has 2 heterocycles. The quantitative estimate of drug-likeness (QED) is 0.648. The summed E-state index contributed by atoms with van der Waals surface area (Å²) in [5.74, 6) is -0.769. The Labute approximate surface area is 184 Å². The third kappa shape index (κ3) is 2.69. The number of fused-ring (bicyclic) bond motifs is 1. The van der Waals surface area contributed by atoms with Crippen LogP contribution in [0.3, 0.4) is 0 Å². The molecular formula is C21H22BrN3O4S. The van der Waals surface area contributed by atoms with Crippen molar-refractivity contribution in [3.63, 3.8) is 0 Å². The van der Waals surface area contributed by atoms with Crippen LogP contribution < -0.4 is 9.62 Å². The van der Waals surface area contributed by atoms with Crippen LogP contribution in [0.5, 0.6) is 0 Å². The molecule has 3 atom stereocenters. The molecule has 2 unspecified atom stereocenters. The monoisotopic (exact) mass is 491 g/mol. The molecule has 2 aromatic rings. The van der Waals surface area contributed by atoms with E-state index in [9.17, 15) is 13.2 Å². The van der Waals surface area contributed by atoms with Gasteiger partial charge in [0, 0.05) is 42.3 Å². The number of nitrogens with zero attached hydrogens (tertiary/aromatic N) is 2. The molecule has 0 bridgehead atoms. The summed E-state index contributed by atoms with van der Waals surface area (Å²) in [4.78, 5) is 14.6. The van der Waals surface area contributed by atoms with Crippen LogP contribution in [0.25, 0.3) is 0 Å². The van der Waals surface area contributed by atoms with E-state index >= 15 is 0 Å². The summed E-state index contributed by atoms with van der Waals surface area (Å²) < 4.78 is 37.0. The van der Waals surface area contributed by atoms with Gasteiger partial charge in [0.25, 0.3) is 10.2 Å². The van der Waals surface area contributed by atoms with Gasteiger partial charge in [0.1, 0.15) is 0 Å². The first-order valence-corrected chi connectivity index (χ1v) is 12.1. The van der Waals surface area contributed by atoms with Crippen molar-refractivity contribution >= 4 is 37.8 Å². The van der Waals surface area contributed by atoms with Crippen molar-refractivity contribution in [2.24, 2.45) is 5.92 Å². The predicted molar refractivity (Wildman–Crippen MR) is 116 cm³/mol. The normalized spacial score (nSPS) is 30.9. The first-order valence-electron chi connectivity index (χ1n) is 9.90. The summed E-state index contributed by atoms with van der Waals surface area (Å²) in [5.41, 5.74) is -0.239. The molecular weight excluding hydrogens is 470 g/mol. The highest BCUT2D eigenvalue weighted by molar-refractivity contribution is 9.10. The third-order valence-electron chi connectivity index (χ3n) is 6.60. The Morgan fingerprint density at radius 1 is 1.03 bits per heavy atom. The summed E-state index contributed by atoms with van der Waals surface area (Å²) in [6.45, 7) is 3.72. The predicted octanol–water partition coefficient (Wildman–Crippen LogP) is 2.25. The van der Waals surface area contributed by atoms with Gasteiger partial charge in [-0.15, -0.1) is 0 Å². The maximum atomic E-state index is 13.2. The van der Waals surface area contributed by atoms with E-state index in [1.165, 1.54) is 4.31 Å². The van der Waals surface area contributed by atoms with E-state index in [2.05, 4.69) is 25.6 Å². The van der Waals surface area contributed by atoms with Crippen LogP contribution in [0.15, 0.2) is 59.1 Å². The molecule has 1 N–H and O–H groups in total. The smallest absolute Gasteiger partial charge is 0.333 e. The molecule has 0 amide bonds. The van der Waals surface area contributed by atoms with Crippen LogP contribution in [0.2, 0.25) is 0 Å². The van der Waals surface area contributed by atoms with Crippen molar-refractivity contribution in [1.82, 2.24) is 9.03 Å². The average molecular weight is 492 g/mol. The van der Waals surface area contributed by atoms with E-state index in [0.717, 1.165) is 15.7 Å². The van der Waals surface area contributed by atoms with Crippen LogP contribution >= 0.6 is 15.9 Å².